The number of aromatic nitrogens is 1. The topological polar surface area (TPSA) is 46.3 Å². The third-order valence-electron chi connectivity index (χ3n) is 4.44. The van der Waals surface area contributed by atoms with Gasteiger partial charge in [0.2, 0.25) is 5.91 Å². The predicted molar refractivity (Wildman–Crippen MR) is 85.2 cm³/mol. The lowest BCUT2D eigenvalue weighted by molar-refractivity contribution is -0.134. The van der Waals surface area contributed by atoms with E-state index in [2.05, 4.69) is 12.1 Å². The first-order valence-electron chi connectivity index (χ1n) is 8.18. The molecule has 0 saturated carbocycles. The van der Waals surface area contributed by atoms with Gasteiger partial charge in [-0.15, -0.1) is 0 Å². The molecule has 1 fully saturated rings. The second-order valence-corrected chi connectivity index (χ2v) is 6.01. The van der Waals surface area contributed by atoms with Crippen molar-refractivity contribution in [3.8, 4) is 11.3 Å². The lowest BCUT2D eigenvalue weighted by atomic mass is 9.99. The van der Waals surface area contributed by atoms with Gasteiger partial charge in [-0.1, -0.05) is 12.1 Å². The Morgan fingerprint density at radius 2 is 2.13 bits per heavy atom. The lowest BCUT2D eigenvalue weighted by Gasteiger charge is -2.35. The van der Waals surface area contributed by atoms with Crippen molar-refractivity contribution in [2.24, 2.45) is 0 Å². The first-order valence-corrected chi connectivity index (χ1v) is 8.18. The Kier molecular flexibility index (Phi) is 4.74. The highest BCUT2D eigenvalue weighted by molar-refractivity contribution is 5.79. The van der Waals surface area contributed by atoms with Crippen LogP contribution < -0.4 is 0 Å². The van der Waals surface area contributed by atoms with Gasteiger partial charge in [0.1, 0.15) is 5.82 Å². The van der Waals surface area contributed by atoms with Crippen LogP contribution in [0.2, 0.25) is 0 Å². The molecule has 0 spiro atoms. The summed E-state index contributed by atoms with van der Waals surface area (Å²) in [4.78, 5) is 14.5. The van der Waals surface area contributed by atoms with Crippen LogP contribution in [-0.2, 0) is 11.2 Å². The second kappa shape index (κ2) is 6.94. The van der Waals surface area contributed by atoms with Gasteiger partial charge in [0.25, 0.3) is 0 Å². The molecule has 1 saturated heterocycles. The van der Waals surface area contributed by atoms with Gasteiger partial charge in [-0.2, -0.15) is 0 Å². The molecule has 4 nitrogen and oxygen atoms in total. The quantitative estimate of drug-likeness (QED) is 0.861. The molecule has 3 rings (SSSR count). The van der Waals surface area contributed by atoms with Gasteiger partial charge in [-0.3, -0.25) is 4.79 Å². The number of carbonyl (C=O) groups excluding carboxylic acids is 1. The van der Waals surface area contributed by atoms with Crippen LogP contribution in [0.4, 0.5) is 4.39 Å². The van der Waals surface area contributed by atoms with E-state index in [0.717, 1.165) is 31.4 Å². The lowest BCUT2D eigenvalue weighted by Crippen LogP contribution is -2.44. The molecule has 1 aromatic heterocycles. The number of carbonyl (C=O) groups is 1. The Labute approximate surface area is 135 Å². The molecule has 5 heteroatoms. The van der Waals surface area contributed by atoms with Crippen molar-refractivity contribution in [3.63, 3.8) is 0 Å². The Morgan fingerprint density at radius 1 is 1.35 bits per heavy atom. The van der Waals surface area contributed by atoms with Crippen LogP contribution in [0.5, 0.6) is 0 Å². The van der Waals surface area contributed by atoms with E-state index in [1.807, 2.05) is 4.90 Å². The van der Waals surface area contributed by atoms with Gasteiger partial charge < -0.3 is 9.42 Å². The predicted octanol–water partition coefficient (Wildman–Crippen LogP) is 3.81. The molecule has 1 atom stereocenters. The Hall–Kier alpha value is -2.17. The van der Waals surface area contributed by atoms with E-state index in [1.54, 1.807) is 18.2 Å². The molecular formula is C18H21FN2O2. The maximum absolute atomic E-state index is 13.0. The summed E-state index contributed by atoms with van der Waals surface area (Å²) >= 11 is 0. The van der Waals surface area contributed by atoms with Gasteiger partial charge >= 0.3 is 0 Å². The summed E-state index contributed by atoms with van der Waals surface area (Å²) in [7, 11) is 0. The van der Waals surface area contributed by atoms with E-state index < -0.39 is 0 Å². The molecule has 122 valence electrons. The summed E-state index contributed by atoms with van der Waals surface area (Å²) in [6.07, 6.45) is 4.59. The third kappa shape index (κ3) is 3.60. The maximum atomic E-state index is 13.0. The molecule has 0 aliphatic carbocycles. The van der Waals surface area contributed by atoms with Crippen LogP contribution >= 0.6 is 0 Å². The fourth-order valence-corrected chi connectivity index (χ4v) is 3.16. The zero-order valence-electron chi connectivity index (χ0n) is 13.3. The summed E-state index contributed by atoms with van der Waals surface area (Å²) in [6, 6.07) is 8.14. The smallest absolute Gasteiger partial charge is 0.228 e. The minimum absolute atomic E-state index is 0.107. The van der Waals surface area contributed by atoms with Crippen molar-refractivity contribution in [1.29, 1.82) is 0 Å². The number of rotatable bonds is 4. The monoisotopic (exact) mass is 316 g/mol. The summed E-state index contributed by atoms with van der Waals surface area (Å²) in [5, 5.41) is 3.98. The number of hydrogen-bond acceptors (Lipinski definition) is 3. The molecule has 1 amide bonds. The van der Waals surface area contributed by atoms with Gasteiger partial charge in [0.15, 0.2) is 5.76 Å². The largest absolute Gasteiger partial charge is 0.356 e. The minimum atomic E-state index is -0.292. The molecule has 1 aliphatic rings. The van der Waals surface area contributed by atoms with Gasteiger partial charge in [-0.25, -0.2) is 4.39 Å². The summed E-state index contributed by atoms with van der Waals surface area (Å²) < 4.78 is 18.2. The van der Waals surface area contributed by atoms with Gasteiger partial charge in [0, 0.05) is 24.2 Å². The number of halogens is 1. The van der Waals surface area contributed by atoms with Crippen molar-refractivity contribution in [1.82, 2.24) is 10.1 Å². The zero-order valence-corrected chi connectivity index (χ0v) is 13.3. The van der Waals surface area contributed by atoms with Crippen LogP contribution in [0.3, 0.4) is 0 Å². The highest BCUT2D eigenvalue weighted by Crippen LogP contribution is 2.23. The van der Waals surface area contributed by atoms with Gasteiger partial charge in [-0.05, 0) is 49.9 Å². The second-order valence-electron chi connectivity index (χ2n) is 6.01. The molecule has 2 heterocycles. The Bertz CT molecular complexity index is 666. The van der Waals surface area contributed by atoms with E-state index in [4.69, 9.17) is 4.52 Å². The first kappa shape index (κ1) is 15.7. The zero-order chi connectivity index (χ0) is 16.2. The molecule has 23 heavy (non-hydrogen) atoms. The number of piperidine rings is 1. The van der Waals surface area contributed by atoms with Crippen LogP contribution in [0, 0.1) is 5.82 Å². The first-order chi connectivity index (χ1) is 11.2. The SMILES string of the molecule is CCC1CCCCN1C(=O)Cc1cc(-c2ccc(F)cc2)on1. The average Bonchev–Trinajstić information content (AvgIpc) is 3.04. The van der Waals surface area contributed by atoms with Crippen molar-refractivity contribution in [2.75, 3.05) is 6.54 Å². The number of hydrogen-bond donors (Lipinski definition) is 0. The average molecular weight is 316 g/mol. The Morgan fingerprint density at radius 3 is 2.87 bits per heavy atom. The number of benzene rings is 1. The van der Waals surface area contributed by atoms with Crippen LogP contribution in [-0.4, -0.2) is 28.6 Å². The minimum Gasteiger partial charge on any atom is -0.356 e. The molecule has 0 bridgehead atoms. The fourth-order valence-electron chi connectivity index (χ4n) is 3.16. The van der Waals surface area contributed by atoms with E-state index in [0.29, 0.717) is 17.5 Å². The van der Waals surface area contributed by atoms with Crippen LogP contribution in [0.25, 0.3) is 11.3 Å². The molecule has 1 aromatic carbocycles. The van der Waals surface area contributed by atoms with E-state index >= 15 is 0 Å². The normalized spacial score (nSPS) is 18.2. The van der Waals surface area contributed by atoms with Crippen molar-refractivity contribution < 1.29 is 13.7 Å². The van der Waals surface area contributed by atoms with E-state index in [-0.39, 0.29) is 18.1 Å². The fraction of sp³-hybridized carbons (Fsp3) is 0.444. The molecule has 2 aromatic rings. The summed E-state index contributed by atoms with van der Waals surface area (Å²) in [6.45, 7) is 2.96. The van der Waals surface area contributed by atoms with Crippen LogP contribution in [0.1, 0.15) is 38.3 Å². The molecule has 1 unspecified atom stereocenters. The van der Waals surface area contributed by atoms with Crippen LogP contribution in [0.15, 0.2) is 34.9 Å². The highest BCUT2D eigenvalue weighted by Gasteiger charge is 2.25. The molecule has 1 aliphatic heterocycles. The molecule has 0 N–H and O–H groups in total. The van der Waals surface area contributed by atoms with Crippen molar-refractivity contribution in [3.05, 3.63) is 41.8 Å². The molecular weight excluding hydrogens is 295 g/mol. The highest BCUT2D eigenvalue weighted by atomic mass is 19.1. The third-order valence-corrected chi connectivity index (χ3v) is 4.44. The van der Waals surface area contributed by atoms with Crippen molar-refractivity contribution >= 4 is 5.91 Å². The number of nitrogens with zero attached hydrogens (tertiary/aromatic N) is 2. The maximum Gasteiger partial charge on any atom is 0.228 e. The number of likely N-dealkylation sites (tertiary alicyclic amines) is 1. The molecule has 0 radical (unpaired) electrons. The van der Waals surface area contributed by atoms with Gasteiger partial charge in [0.05, 0.1) is 12.1 Å². The van der Waals surface area contributed by atoms with Crippen molar-refractivity contribution in [2.45, 2.75) is 45.1 Å². The summed E-state index contributed by atoms with van der Waals surface area (Å²) in [5.74, 6) is 0.369. The van der Waals surface area contributed by atoms with E-state index in [9.17, 15) is 9.18 Å². The van der Waals surface area contributed by atoms with E-state index in [1.165, 1.54) is 18.6 Å². The summed E-state index contributed by atoms with van der Waals surface area (Å²) in [5.41, 5.74) is 1.37. The Balaban J connectivity index is 1.68. The number of amides is 1. The standard InChI is InChI=1S/C18H21FN2O2/c1-2-16-5-3-4-10-21(16)18(22)12-15-11-17(23-20-15)13-6-8-14(19)9-7-13/h6-9,11,16H,2-5,10,12H2,1H3.